The maximum Gasteiger partial charge on any atom is 0.243 e. The lowest BCUT2D eigenvalue weighted by atomic mass is 10.1. The standard InChI is InChI=1S/C20H33N3O3S2/c1-5-23(6-2)28(25,26)17-10-11-19(22-12-8-7-9-13-22)18(14-17)21-20(24)15-27-16(3)4/h10-11,14,16H,5-9,12-13,15H2,1-4H3,(H,21,24). The SMILES string of the molecule is CCN(CC)S(=O)(=O)c1ccc(N2CCCCC2)c(NC(=O)CSC(C)C)c1. The molecule has 0 aromatic heterocycles. The maximum atomic E-state index is 12.9. The summed E-state index contributed by atoms with van der Waals surface area (Å²) in [5.41, 5.74) is 1.49. The minimum atomic E-state index is -3.57. The summed E-state index contributed by atoms with van der Waals surface area (Å²) in [5.74, 6) is 0.249. The van der Waals surface area contributed by atoms with Gasteiger partial charge in [-0.3, -0.25) is 4.79 Å². The van der Waals surface area contributed by atoms with E-state index in [4.69, 9.17) is 0 Å². The van der Waals surface area contributed by atoms with Crippen molar-refractivity contribution >= 4 is 39.1 Å². The number of nitrogens with one attached hydrogen (secondary N) is 1. The number of piperidine rings is 1. The fourth-order valence-corrected chi connectivity index (χ4v) is 5.37. The molecule has 1 aromatic rings. The highest BCUT2D eigenvalue weighted by Crippen LogP contribution is 2.32. The summed E-state index contributed by atoms with van der Waals surface area (Å²) >= 11 is 1.57. The van der Waals surface area contributed by atoms with E-state index in [0.29, 0.717) is 29.8 Å². The lowest BCUT2D eigenvalue weighted by molar-refractivity contribution is -0.113. The van der Waals surface area contributed by atoms with E-state index in [1.165, 1.54) is 10.7 Å². The van der Waals surface area contributed by atoms with E-state index >= 15 is 0 Å². The van der Waals surface area contributed by atoms with Crippen LogP contribution in [0.1, 0.15) is 47.0 Å². The van der Waals surface area contributed by atoms with E-state index in [2.05, 4.69) is 10.2 Å². The first-order valence-corrected chi connectivity index (χ1v) is 12.6. The molecule has 1 aliphatic rings. The highest BCUT2D eigenvalue weighted by atomic mass is 32.2. The summed E-state index contributed by atoms with van der Waals surface area (Å²) in [7, 11) is -3.57. The Bertz CT molecular complexity index is 756. The van der Waals surface area contributed by atoms with Crippen molar-refractivity contribution in [3.05, 3.63) is 18.2 Å². The first-order chi connectivity index (χ1) is 13.3. The normalized spacial score (nSPS) is 15.3. The van der Waals surface area contributed by atoms with Crippen LogP contribution in [0.4, 0.5) is 11.4 Å². The topological polar surface area (TPSA) is 69.7 Å². The van der Waals surface area contributed by atoms with Crippen LogP contribution in [-0.2, 0) is 14.8 Å². The highest BCUT2D eigenvalue weighted by Gasteiger charge is 2.24. The van der Waals surface area contributed by atoms with E-state index in [9.17, 15) is 13.2 Å². The summed E-state index contributed by atoms with van der Waals surface area (Å²) in [6.07, 6.45) is 3.42. The molecule has 1 fully saturated rings. The molecule has 0 aliphatic carbocycles. The number of amides is 1. The number of carbonyl (C=O) groups is 1. The average Bonchev–Trinajstić information content (AvgIpc) is 2.67. The summed E-state index contributed by atoms with van der Waals surface area (Å²) in [6, 6.07) is 5.12. The van der Waals surface area contributed by atoms with Gasteiger partial charge < -0.3 is 10.2 Å². The summed E-state index contributed by atoms with van der Waals surface area (Å²) in [5, 5.41) is 3.33. The fourth-order valence-electron chi connectivity index (χ4n) is 3.33. The average molecular weight is 428 g/mol. The molecular formula is C20H33N3O3S2. The monoisotopic (exact) mass is 427 g/mol. The Morgan fingerprint density at radius 2 is 1.82 bits per heavy atom. The van der Waals surface area contributed by atoms with Crippen molar-refractivity contribution in [3.63, 3.8) is 0 Å². The van der Waals surface area contributed by atoms with Crippen LogP contribution >= 0.6 is 11.8 Å². The molecule has 0 unspecified atom stereocenters. The largest absolute Gasteiger partial charge is 0.370 e. The fraction of sp³-hybridized carbons (Fsp3) is 0.650. The summed E-state index contributed by atoms with van der Waals surface area (Å²) in [6.45, 7) is 10.4. The Balaban J connectivity index is 2.36. The number of rotatable bonds is 9. The van der Waals surface area contributed by atoms with Crippen molar-refractivity contribution < 1.29 is 13.2 Å². The lowest BCUT2D eigenvalue weighted by Crippen LogP contribution is -2.32. The van der Waals surface area contributed by atoms with Crippen LogP contribution in [0.5, 0.6) is 0 Å². The number of anilines is 2. The number of sulfonamides is 1. The molecule has 28 heavy (non-hydrogen) atoms. The first kappa shape index (κ1) is 23.0. The Hall–Kier alpha value is -1.25. The molecule has 1 saturated heterocycles. The van der Waals surface area contributed by atoms with Crippen molar-refractivity contribution in [1.29, 1.82) is 0 Å². The smallest absolute Gasteiger partial charge is 0.243 e. The zero-order chi connectivity index (χ0) is 20.7. The van der Waals surface area contributed by atoms with E-state index in [1.807, 2.05) is 33.8 Å². The second-order valence-corrected chi connectivity index (χ2v) is 10.7. The van der Waals surface area contributed by atoms with Crippen molar-refractivity contribution in [2.24, 2.45) is 0 Å². The van der Waals surface area contributed by atoms with Gasteiger partial charge in [-0.1, -0.05) is 27.7 Å². The molecular weight excluding hydrogens is 394 g/mol. The second-order valence-electron chi connectivity index (χ2n) is 7.22. The van der Waals surface area contributed by atoms with Crippen LogP contribution in [0.3, 0.4) is 0 Å². The van der Waals surface area contributed by atoms with Crippen LogP contribution < -0.4 is 10.2 Å². The zero-order valence-electron chi connectivity index (χ0n) is 17.4. The molecule has 1 aliphatic heterocycles. The van der Waals surface area contributed by atoms with Crippen molar-refractivity contribution in [3.8, 4) is 0 Å². The number of hydrogen-bond acceptors (Lipinski definition) is 5. The van der Waals surface area contributed by atoms with Crippen LogP contribution in [-0.4, -0.2) is 55.8 Å². The van der Waals surface area contributed by atoms with E-state index in [1.54, 1.807) is 23.9 Å². The van der Waals surface area contributed by atoms with Crippen LogP contribution in [0.25, 0.3) is 0 Å². The Labute approximate surface area is 174 Å². The summed E-state index contributed by atoms with van der Waals surface area (Å²) in [4.78, 5) is 14.9. The Kier molecular flexibility index (Phi) is 8.64. The third kappa shape index (κ3) is 5.87. The minimum absolute atomic E-state index is 0.102. The molecule has 8 heteroatoms. The van der Waals surface area contributed by atoms with Crippen LogP contribution in [0.2, 0.25) is 0 Å². The summed E-state index contributed by atoms with van der Waals surface area (Å²) < 4.78 is 27.3. The maximum absolute atomic E-state index is 12.9. The van der Waals surface area contributed by atoms with E-state index < -0.39 is 10.0 Å². The molecule has 1 aromatic carbocycles. The molecule has 0 saturated carbocycles. The van der Waals surface area contributed by atoms with E-state index in [-0.39, 0.29) is 10.8 Å². The predicted molar refractivity (Wildman–Crippen MR) is 119 cm³/mol. The molecule has 1 amide bonds. The van der Waals surface area contributed by atoms with Crippen molar-refractivity contribution in [1.82, 2.24) is 4.31 Å². The lowest BCUT2D eigenvalue weighted by Gasteiger charge is -2.31. The number of nitrogens with zero attached hydrogens (tertiary/aromatic N) is 2. The molecule has 1 heterocycles. The number of hydrogen-bond donors (Lipinski definition) is 1. The van der Waals surface area contributed by atoms with Gasteiger partial charge in [-0.2, -0.15) is 4.31 Å². The number of benzene rings is 1. The molecule has 158 valence electrons. The van der Waals surface area contributed by atoms with E-state index in [0.717, 1.165) is 31.6 Å². The van der Waals surface area contributed by atoms with Gasteiger partial charge in [0.25, 0.3) is 0 Å². The van der Waals surface area contributed by atoms with Gasteiger partial charge >= 0.3 is 0 Å². The van der Waals surface area contributed by atoms with Gasteiger partial charge in [-0.05, 0) is 42.7 Å². The Morgan fingerprint density at radius 3 is 2.39 bits per heavy atom. The van der Waals surface area contributed by atoms with Crippen molar-refractivity contribution in [2.45, 2.75) is 57.1 Å². The molecule has 0 bridgehead atoms. The quantitative estimate of drug-likeness (QED) is 0.649. The van der Waals surface area contributed by atoms with Crippen molar-refractivity contribution in [2.75, 3.05) is 42.1 Å². The van der Waals surface area contributed by atoms with Gasteiger partial charge in [0.15, 0.2) is 0 Å². The second kappa shape index (κ2) is 10.5. The van der Waals surface area contributed by atoms with Gasteiger partial charge in [0.1, 0.15) is 0 Å². The predicted octanol–water partition coefficient (Wildman–Crippen LogP) is 3.79. The third-order valence-corrected chi connectivity index (χ3v) is 7.97. The Morgan fingerprint density at radius 1 is 1.18 bits per heavy atom. The first-order valence-electron chi connectivity index (χ1n) is 10.1. The number of carbonyl (C=O) groups excluding carboxylic acids is 1. The molecule has 0 atom stereocenters. The molecule has 6 nitrogen and oxygen atoms in total. The van der Waals surface area contributed by atoms with Gasteiger partial charge in [0.2, 0.25) is 15.9 Å². The van der Waals surface area contributed by atoms with Crippen LogP contribution in [0.15, 0.2) is 23.1 Å². The molecule has 1 N–H and O–H groups in total. The number of thioether (sulfide) groups is 1. The third-order valence-electron chi connectivity index (χ3n) is 4.83. The molecule has 0 radical (unpaired) electrons. The van der Waals surface area contributed by atoms with Crippen LogP contribution in [0, 0.1) is 0 Å². The highest BCUT2D eigenvalue weighted by molar-refractivity contribution is 8.00. The van der Waals surface area contributed by atoms with Gasteiger partial charge in [0.05, 0.1) is 22.0 Å². The zero-order valence-corrected chi connectivity index (χ0v) is 19.0. The molecule has 0 spiro atoms. The van der Waals surface area contributed by atoms with Gasteiger partial charge in [0, 0.05) is 26.2 Å². The molecule has 2 rings (SSSR count). The van der Waals surface area contributed by atoms with Gasteiger partial charge in [-0.15, -0.1) is 11.8 Å². The minimum Gasteiger partial charge on any atom is -0.370 e. The van der Waals surface area contributed by atoms with Gasteiger partial charge in [-0.25, -0.2) is 8.42 Å².